The number of carbonyl (C=O) groups is 1. The van der Waals surface area contributed by atoms with Gasteiger partial charge in [-0.2, -0.15) is 0 Å². The minimum absolute atomic E-state index is 0.0356. The van der Waals surface area contributed by atoms with E-state index < -0.39 is 0 Å². The number of phenolic OH excluding ortho intramolecular Hbond substituents is 1. The van der Waals surface area contributed by atoms with Crippen LogP contribution < -0.4 is 0 Å². The zero-order chi connectivity index (χ0) is 15.6. The Kier molecular flexibility index (Phi) is 4.60. The fourth-order valence-electron chi connectivity index (χ4n) is 3.20. The van der Waals surface area contributed by atoms with Gasteiger partial charge in [0.2, 0.25) is 0 Å². The molecule has 3 heteroatoms. The Morgan fingerprint density at radius 3 is 2.67 bits per heavy atom. The highest BCUT2D eigenvalue weighted by molar-refractivity contribution is 5.97. The second kappa shape index (κ2) is 6.08. The molecule has 116 valence electrons. The fourth-order valence-corrected chi connectivity index (χ4v) is 3.20. The van der Waals surface area contributed by atoms with Gasteiger partial charge in [-0.15, -0.1) is 0 Å². The summed E-state index contributed by atoms with van der Waals surface area (Å²) in [5, 5.41) is 10.1. The van der Waals surface area contributed by atoms with Gasteiger partial charge in [0.25, 0.3) is 5.91 Å². The number of amides is 1. The van der Waals surface area contributed by atoms with E-state index in [-0.39, 0.29) is 11.7 Å². The van der Waals surface area contributed by atoms with Crippen LogP contribution in [0.25, 0.3) is 0 Å². The van der Waals surface area contributed by atoms with E-state index in [0.29, 0.717) is 16.9 Å². The first kappa shape index (κ1) is 15.9. The van der Waals surface area contributed by atoms with Crippen molar-refractivity contribution >= 4 is 5.91 Å². The lowest BCUT2D eigenvalue weighted by atomic mass is 9.84. The number of hydrogen-bond acceptors (Lipinski definition) is 2. The first-order valence-electron chi connectivity index (χ1n) is 7.91. The molecule has 0 bridgehead atoms. The van der Waals surface area contributed by atoms with Crippen molar-refractivity contribution in [3.05, 3.63) is 29.3 Å². The summed E-state index contributed by atoms with van der Waals surface area (Å²) in [5.41, 5.74) is 1.79. The molecule has 1 aliphatic rings. The Morgan fingerprint density at radius 2 is 2.10 bits per heavy atom. The largest absolute Gasteiger partial charge is 0.507 e. The predicted octanol–water partition coefficient (Wildman–Crippen LogP) is 3.85. The molecule has 21 heavy (non-hydrogen) atoms. The Hall–Kier alpha value is -1.51. The molecule has 0 spiro atoms. The van der Waals surface area contributed by atoms with Gasteiger partial charge in [0.1, 0.15) is 5.75 Å². The predicted molar refractivity (Wildman–Crippen MR) is 85.6 cm³/mol. The average Bonchev–Trinajstić information content (AvgIpc) is 2.84. The third kappa shape index (κ3) is 3.99. The lowest BCUT2D eigenvalue weighted by Crippen LogP contribution is -2.29. The van der Waals surface area contributed by atoms with Gasteiger partial charge in [-0.3, -0.25) is 4.79 Å². The summed E-state index contributed by atoms with van der Waals surface area (Å²) < 4.78 is 0. The van der Waals surface area contributed by atoms with Crippen molar-refractivity contribution < 1.29 is 9.90 Å². The fraction of sp³-hybridized carbons (Fsp3) is 0.611. The van der Waals surface area contributed by atoms with Crippen LogP contribution in [0, 0.1) is 11.3 Å². The summed E-state index contributed by atoms with van der Waals surface area (Å²) in [6.07, 6.45) is 3.06. The maximum Gasteiger partial charge on any atom is 0.257 e. The SMILES string of the molecule is CCc1ccc(C(=O)N2CCC(CC(C)(C)C)C2)c(O)c1. The summed E-state index contributed by atoms with van der Waals surface area (Å²) >= 11 is 0. The lowest BCUT2D eigenvalue weighted by Gasteiger charge is -2.23. The summed E-state index contributed by atoms with van der Waals surface area (Å²) in [6.45, 7) is 10.4. The summed E-state index contributed by atoms with van der Waals surface area (Å²) in [7, 11) is 0. The highest BCUT2D eigenvalue weighted by Gasteiger charge is 2.30. The normalized spacial score (nSPS) is 19.0. The lowest BCUT2D eigenvalue weighted by molar-refractivity contribution is 0.0780. The number of benzene rings is 1. The van der Waals surface area contributed by atoms with Crippen LogP contribution in [-0.4, -0.2) is 29.0 Å². The third-order valence-electron chi connectivity index (χ3n) is 4.17. The molecule has 0 radical (unpaired) electrons. The number of phenols is 1. The van der Waals surface area contributed by atoms with Crippen molar-refractivity contribution in [2.45, 2.75) is 47.0 Å². The zero-order valence-corrected chi connectivity index (χ0v) is 13.6. The van der Waals surface area contributed by atoms with Crippen LogP contribution in [-0.2, 0) is 6.42 Å². The molecule has 1 aliphatic heterocycles. The molecule has 1 unspecified atom stereocenters. The Morgan fingerprint density at radius 1 is 1.38 bits per heavy atom. The number of hydrogen-bond donors (Lipinski definition) is 1. The molecule has 1 heterocycles. The number of likely N-dealkylation sites (tertiary alicyclic amines) is 1. The molecule has 1 amide bonds. The van der Waals surface area contributed by atoms with E-state index in [4.69, 9.17) is 0 Å². The van der Waals surface area contributed by atoms with E-state index in [1.165, 1.54) is 0 Å². The first-order valence-corrected chi connectivity index (χ1v) is 7.91. The van der Waals surface area contributed by atoms with Crippen molar-refractivity contribution in [3.63, 3.8) is 0 Å². The summed E-state index contributed by atoms with van der Waals surface area (Å²) in [5.74, 6) is 0.649. The molecule has 1 aromatic carbocycles. The Bertz CT molecular complexity index is 516. The molecule has 1 fully saturated rings. The first-order chi connectivity index (χ1) is 9.80. The van der Waals surface area contributed by atoms with E-state index in [1.807, 2.05) is 17.9 Å². The van der Waals surface area contributed by atoms with Gasteiger partial charge >= 0.3 is 0 Å². The van der Waals surface area contributed by atoms with E-state index in [0.717, 1.165) is 37.9 Å². The Labute approximate surface area is 128 Å². The smallest absolute Gasteiger partial charge is 0.257 e. The van der Waals surface area contributed by atoms with Gasteiger partial charge in [-0.05, 0) is 48.3 Å². The number of aryl methyl sites for hydroxylation is 1. The molecular weight excluding hydrogens is 262 g/mol. The molecule has 1 aromatic rings. The van der Waals surface area contributed by atoms with Gasteiger partial charge in [0.05, 0.1) is 5.56 Å². The molecular formula is C18H27NO2. The van der Waals surface area contributed by atoms with Gasteiger partial charge < -0.3 is 10.0 Å². The highest BCUT2D eigenvalue weighted by atomic mass is 16.3. The highest BCUT2D eigenvalue weighted by Crippen LogP contribution is 2.31. The standard InChI is InChI=1S/C18H27NO2/c1-5-13-6-7-15(16(20)10-13)17(21)19-9-8-14(12-19)11-18(2,3)4/h6-7,10,14,20H,5,8-9,11-12H2,1-4H3. The second-order valence-corrected chi connectivity index (χ2v) is 7.38. The van der Waals surface area contributed by atoms with Crippen molar-refractivity contribution in [1.82, 2.24) is 4.90 Å². The monoisotopic (exact) mass is 289 g/mol. The number of aromatic hydroxyl groups is 1. The Balaban J connectivity index is 2.05. The van der Waals surface area contributed by atoms with Crippen molar-refractivity contribution in [2.75, 3.05) is 13.1 Å². The van der Waals surface area contributed by atoms with Crippen LogP contribution in [0.1, 0.15) is 56.5 Å². The maximum atomic E-state index is 12.5. The number of nitrogens with zero attached hydrogens (tertiary/aromatic N) is 1. The maximum absolute atomic E-state index is 12.5. The van der Waals surface area contributed by atoms with Gasteiger partial charge in [-0.1, -0.05) is 33.8 Å². The minimum Gasteiger partial charge on any atom is -0.507 e. The zero-order valence-electron chi connectivity index (χ0n) is 13.6. The molecule has 0 aliphatic carbocycles. The van der Waals surface area contributed by atoms with Gasteiger partial charge in [-0.25, -0.2) is 0 Å². The van der Waals surface area contributed by atoms with Crippen molar-refractivity contribution in [2.24, 2.45) is 11.3 Å². The molecule has 1 N–H and O–H groups in total. The summed E-state index contributed by atoms with van der Waals surface area (Å²) in [6, 6.07) is 5.39. The second-order valence-electron chi connectivity index (χ2n) is 7.38. The minimum atomic E-state index is -0.0356. The van der Waals surface area contributed by atoms with Crippen LogP contribution in [0.2, 0.25) is 0 Å². The van der Waals surface area contributed by atoms with Crippen molar-refractivity contribution in [1.29, 1.82) is 0 Å². The van der Waals surface area contributed by atoms with E-state index in [2.05, 4.69) is 20.8 Å². The molecule has 1 saturated heterocycles. The number of rotatable bonds is 3. The molecule has 0 saturated carbocycles. The molecule has 1 atom stereocenters. The van der Waals surface area contributed by atoms with Crippen molar-refractivity contribution in [3.8, 4) is 5.75 Å². The molecule has 3 nitrogen and oxygen atoms in total. The van der Waals surface area contributed by atoms with Crippen LogP contribution in [0.15, 0.2) is 18.2 Å². The molecule has 2 rings (SSSR count). The van der Waals surface area contributed by atoms with Gasteiger partial charge in [0, 0.05) is 13.1 Å². The van der Waals surface area contributed by atoms with E-state index in [9.17, 15) is 9.90 Å². The van der Waals surface area contributed by atoms with E-state index >= 15 is 0 Å². The van der Waals surface area contributed by atoms with E-state index in [1.54, 1.807) is 12.1 Å². The number of carbonyl (C=O) groups excluding carboxylic acids is 1. The third-order valence-corrected chi connectivity index (χ3v) is 4.17. The summed E-state index contributed by atoms with van der Waals surface area (Å²) in [4.78, 5) is 14.4. The topological polar surface area (TPSA) is 40.5 Å². The average molecular weight is 289 g/mol. The van der Waals surface area contributed by atoms with Crippen LogP contribution in [0.4, 0.5) is 0 Å². The van der Waals surface area contributed by atoms with Crippen LogP contribution >= 0.6 is 0 Å². The van der Waals surface area contributed by atoms with Gasteiger partial charge in [0.15, 0.2) is 0 Å². The van der Waals surface area contributed by atoms with Crippen LogP contribution in [0.3, 0.4) is 0 Å². The molecule has 0 aromatic heterocycles. The quantitative estimate of drug-likeness (QED) is 0.918. The van der Waals surface area contributed by atoms with Crippen LogP contribution in [0.5, 0.6) is 5.75 Å².